The molecule has 3 nitrogen and oxygen atoms in total. The van der Waals surface area contributed by atoms with E-state index in [0.29, 0.717) is 6.61 Å². The number of hydrogen-bond acceptors (Lipinski definition) is 3. The van der Waals surface area contributed by atoms with Gasteiger partial charge in [-0.05, 0) is 6.92 Å². The molecule has 0 aromatic heterocycles. The van der Waals surface area contributed by atoms with Crippen molar-refractivity contribution in [2.45, 2.75) is 25.4 Å². The van der Waals surface area contributed by atoms with E-state index in [2.05, 4.69) is 0 Å². The quantitative estimate of drug-likeness (QED) is 0.736. The molecule has 1 fully saturated rings. The number of aliphatic hydroxyl groups excluding tert-OH is 1. The maximum atomic E-state index is 9.39. The number of aliphatic hydroxyl groups is 1. The fourth-order valence-electron chi connectivity index (χ4n) is 1.43. The third-order valence-corrected chi connectivity index (χ3v) is 2.37. The van der Waals surface area contributed by atoms with Gasteiger partial charge in [0.25, 0.3) is 0 Å². The molecule has 3 atom stereocenters. The molecule has 1 aromatic rings. The van der Waals surface area contributed by atoms with E-state index >= 15 is 0 Å². The van der Waals surface area contributed by atoms with Crippen LogP contribution in [0.4, 0.5) is 0 Å². The number of benzene rings is 1. The van der Waals surface area contributed by atoms with Gasteiger partial charge in [0.05, 0.1) is 12.7 Å². The molecule has 1 heterocycles. The highest BCUT2D eigenvalue weighted by atomic mass is 16.7. The average molecular weight is 194 g/mol. The van der Waals surface area contributed by atoms with Crippen molar-refractivity contribution < 1.29 is 14.6 Å². The third-order valence-electron chi connectivity index (χ3n) is 2.37. The fraction of sp³-hybridized carbons (Fsp3) is 0.455. The number of rotatable bonds is 1. The highest BCUT2D eigenvalue weighted by Crippen LogP contribution is 2.25. The van der Waals surface area contributed by atoms with Crippen LogP contribution in [0, 0.1) is 0 Å². The molecule has 3 heteroatoms. The van der Waals surface area contributed by atoms with E-state index in [1.807, 2.05) is 37.3 Å². The molecule has 76 valence electrons. The van der Waals surface area contributed by atoms with Crippen molar-refractivity contribution in [1.82, 2.24) is 0 Å². The van der Waals surface area contributed by atoms with Crippen molar-refractivity contribution >= 4 is 0 Å². The molecule has 1 aliphatic heterocycles. The van der Waals surface area contributed by atoms with Crippen LogP contribution in [0.3, 0.4) is 0 Å². The van der Waals surface area contributed by atoms with Gasteiger partial charge in [0.2, 0.25) is 0 Å². The molecule has 0 radical (unpaired) electrons. The van der Waals surface area contributed by atoms with E-state index in [1.165, 1.54) is 0 Å². The maximum absolute atomic E-state index is 9.39. The van der Waals surface area contributed by atoms with E-state index in [-0.39, 0.29) is 12.4 Å². The zero-order chi connectivity index (χ0) is 9.97. The van der Waals surface area contributed by atoms with Crippen LogP contribution in [0.5, 0.6) is 0 Å². The van der Waals surface area contributed by atoms with Gasteiger partial charge in [0.1, 0.15) is 6.10 Å². The van der Waals surface area contributed by atoms with Gasteiger partial charge in [-0.2, -0.15) is 0 Å². The second kappa shape index (κ2) is 4.09. The molecule has 0 amide bonds. The van der Waals surface area contributed by atoms with Crippen molar-refractivity contribution in [3.05, 3.63) is 35.9 Å². The maximum Gasteiger partial charge on any atom is 0.184 e. The summed E-state index contributed by atoms with van der Waals surface area (Å²) in [5, 5.41) is 9.39. The molecule has 0 bridgehead atoms. The van der Waals surface area contributed by atoms with E-state index < -0.39 is 6.10 Å². The van der Waals surface area contributed by atoms with Crippen LogP contribution in [0.25, 0.3) is 0 Å². The van der Waals surface area contributed by atoms with Gasteiger partial charge in [-0.3, -0.25) is 0 Å². The summed E-state index contributed by atoms with van der Waals surface area (Å²) in [6.45, 7) is 2.18. The lowest BCUT2D eigenvalue weighted by Gasteiger charge is -2.32. The van der Waals surface area contributed by atoms with Gasteiger partial charge in [0, 0.05) is 5.56 Å². The third kappa shape index (κ3) is 1.95. The number of ether oxygens (including phenoxy) is 2. The van der Waals surface area contributed by atoms with Gasteiger partial charge >= 0.3 is 0 Å². The fourth-order valence-corrected chi connectivity index (χ4v) is 1.43. The Kier molecular flexibility index (Phi) is 2.82. The summed E-state index contributed by atoms with van der Waals surface area (Å²) < 4.78 is 10.9. The molecule has 0 aliphatic carbocycles. The Morgan fingerprint density at radius 3 is 2.64 bits per heavy atom. The SMILES string of the molecule is C[C@H]1OC(c2ccccc2)OC[C@H]1O. The molecule has 0 spiro atoms. The Morgan fingerprint density at radius 1 is 1.29 bits per heavy atom. The molecule has 0 saturated carbocycles. The first-order valence-corrected chi connectivity index (χ1v) is 4.77. The van der Waals surface area contributed by atoms with Gasteiger partial charge in [-0.25, -0.2) is 0 Å². The summed E-state index contributed by atoms with van der Waals surface area (Å²) in [4.78, 5) is 0. The summed E-state index contributed by atoms with van der Waals surface area (Å²) in [7, 11) is 0. The molecule has 1 aliphatic rings. The summed E-state index contributed by atoms with van der Waals surface area (Å²) in [6.07, 6.45) is -1.03. The normalized spacial score (nSPS) is 32.9. The molecule has 1 aromatic carbocycles. The Balaban J connectivity index is 2.07. The molecular formula is C11H14O3. The zero-order valence-corrected chi connectivity index (χ0v) is 8.09. The Morgan fingerprint density at radius 2 is 2.00 bits per heavy atom. The standard InChI is InChI=1S/C11H14O3/c1-8-10(12)7-13-11(14-8)9-5-3-2-4-6-9/h2-6,8,10-12H,7H2,1H3/t8-,10-,11?/m1/s1. The summed E-state index contributed by atoms with van der Waals surface area (Å²) in [5.41, 5.74) is 0.992. The summed E-state index contributed by atoms with van der Waals surface area (Å²) >= 11 is 0. The van der Waals surface area contributed by atoms with E-state index in [1.54, 1.807) is 0 Å². The minimum absolute atomic E-state index is 0.172. The average Bonchev–Trinajstić information content (AvgIpc) is 2.23. The molecule has 14 heavy (non-hydrogen) atoms. The second-order valence-corrected chi connectivity index (χ2v) is 3.48. The zero-order valence-electron chi connectivity index (χ0n) is 8.09. The predicted octanol–water partition coefficient (Wildman–Crippen LogP) is 1.48. The van der Waals surface area contributed by atoms with Crippen LogP contribution in [0.1, 0.15) is 18.8 Å². The van der Waals surface area contributed by atoms with E-state index in [9.17, 15) is 5.11 Å². The van der Waals surface area contributed by atoms with Crippen LogP contribution < -0.4 is 0 Å². The van der Waals surface area contributed by atoms with Crippen LogP contribution in [0.2, 0.25) is 0 Å². The molecule has 1 N–H and O–H groups in total. The highest BCUT2D eigenvalue weighted by molar-refractivity contribution is 5.16. The van der Waals surface area contributed by atoms with Crippen molar-refractivity contribution in [3.8, 4) is 0 Å². The van der Waals surface area contributed by atoms with Crippen LogP contribution in [-0.2, 0) is 9.47 Å². The van der Waals surface area contributed by atoms with Crippen LogP contribution >= 0.6 is 0 Å². The van der Waals surface area contributed by atoms with Gasteiger partial charge in [-0.1, -0.05) is 30.3 Å². The smallest absolute Gasteiger partial charge is 0.184 e. The first-order chi connectivity index (χ1) is 6.77. The first-order valence-electron chi connectivity index (χ1n) is 4.77. The Labute approximate surface area is 83.3 Å². The van der Waals surface area contributed by atoms with Crippen LogP contribution in [0.15, 0.2) is 30.3 Å². The van der Waals surface area contributed by atoms with Crippen molar-refractivity contribution in [3.63, 3.8) is 0 Å². The Hall–Kier alpha value is -0.900. The van der Waals surface area contributed by atoms with Gasteiger partial charge in [0.15, 0.2) is 6.29 Å². The lowest BCUT2D eigenvalue weighted by molar-refractivity contribution is -0.251. The summed E-state index contributed by atoms with van der Waals surface area (Å²) in [5.74, 6) is 0. The highest BCUT2D eigenvalue weighted by Gasteiger charge is 2.27. The minimum atomic E-state index is -0.519. The summed E-state index contributed by atoms with van der Waals surface area (Å²) in [6, 6.07) is 9.74. The first kappa shape index (κ1) is 9.65. The van der Waals surface area contributed by atoms with E-state index in [0.717, 1.165) is 5.56 Å². The minimum Gasteiger partial charge on any atom is -0.388 e. The van der Waals surface area contributed by atoms with Crippen molar-refractivity contribution in [1.29, 1.82) is 0 Å². The Bertz CT molecular complexity index is 286. The lowest BCUT2D eigenvalue weighted by Crippen LogP contribution is -2.38. The van der Waals surface area contributed by atoms with E-state index in [4.69, 9.17) is 9.47 Å². The molecular weight excluding hydrogens is 180 g/mol. The second-order valence-electron chi connectivity index (χ2n) is 3.48. The molecule has 1 unspecified atom stereocenters. The van der Waals surface area contributed by atoms with Crippen molar-refractivity contribution in [2.75, 3.05) is 6.61 Å². The van der Waals surface area contributed by atoms with Crippen molar-refractivity contribution in [2.24, 2.45) is 0 Å². The topological polar surface area (TPSA) is 38.7 Å². The lowest BCUT2D eigenvalue weighted by atomic mass is 10.1. The monoisotopic (exact) mass is 194 g/mol. The molecule has 1 saturated heterocycles. The predicted molar refractivity (Wildman–Crippen MR) is 51.7 cm³/mol. The van der Waals surface area contributed by atoms with Crippen LogP contribution in [-0.4, -0.2) is 23.9 Å². The molecule has 2 rings (SSSR count). The van der Waals surface area contributed by atoms with Gasteiger partial charge < -0.3 is 14.6 Å². The largest absolute Gasteiger partial charge is 0.388 e. The van der Waals surface area contributed by atoms with Gasteiger partial charge in [-0.15, -0.1) is 0 Å². The number of hydrogen-bond donors (Lipinski definition) is 1.